The third-order valence-corrected chi connectivity index (χ3v) is 3.47. The molecule has 2 rings (SSSR count). The van der Waals surface area contributed by atoms with Crippen LogP contribution in [0.1, 0.15) is 19.8 Å². The zero-order valence-electron chi connectivity index (χ0n) is 10.9. The topological polar surface area (TPSA) is 83.6 Å². The van der Waals surface area contributed by atoms with Gasteiger partial charge in [-0.1, -0.05) is 19.1 Å². The second-order valence-corrected chi connectivity index (χ2v) is 5.01. The van der Waals surface area contributed by atoms with Gasteiger partial charge in [0.15, 0.2) is 0 Å². The first-order chi connectivity index (χ1) is 9.00. The molecule has 0 radical (unpaired) electrons. The lowest BCUT2D eigenvalue weighted by Gasteiger charge is -2.23. The number of carboxylic acids is 1. The summed E-state index contributed by atoms with van der Waals surface area (Å²) in [5.41, 5.74) is 6.98. The van der Waals surface area contributed by atoms with Gasteiger partial charge in [0.1, 0.15) is 0 Å². The Labute approximate surface area is 112 Å². The van der Waals surface area contributed by atoms with Crippen LogP contribution in [0, 0.1) is 11.8 Å². The number of nitrogens with zero attached hydrogens (tertiary/aromatic N) is 1. The summed E-state index contributed by atoms with van der Waals surface area (Å²) in [7, 11) is 0. The number of para-hydroxylation sites is 2. The van der Waals surface area contributed by atoms with Gasteiger partial charge in [-0.3, -0.25) is 9.59 Å². The van der Waals surface area contributed by atoms with Crippen LogP contribution in [0.2, 0.25) is 0 Å². The number of carbonyl (C=O) groups is 2. The van der Waals surface area contributed by atoms with Gasteiger partial charge in [0.25, 0.3) is 0 Å². The first-order valence-electron chi connectivity index (χ1n) is 6.38. The number of hydrogen-bond donors (Lipinski definition) is 2. The van der Waals surface area contributed by atoms with Crippen molar-refractivity contribution in [2.45, 2.75) is 19.8 Å². The number of nitrogen functional groups attached to an aromatic ring is 1. The summed E-state index contributed by atoms with van der Waals surface area (Å²) in [4.78, 5) is 24.6. The van der Waals surface area contributed by atoms with E-state index in [0.717, 1.165) is 6.42 Å². The number of carbonyl (C=O) groups excluding carboxylic acids is 1. The number of benzene rings is 1. The largest absolute Gasteiger partial charge is 0.481 e. The minimum Gasteiger partial charge on any atom is -0.481 e. The van der Waals surface area contributed by atoms with Gasteiger partial charge >= 0.3 is 5.97 Å². The summed E-state index contributed by atoms with van der Waals surface area (Å²) in [6, 6.07) is 7.05. The summed E-state index contributed by atoms with van der Waals surface area (Å²) in [6.07, 6.45) is 0.788. The highest BCUT2D eigenvalue weighted by atomic mass is 16.4. The molecule has 2 atom stereocenters. The fraction of sp³-hybridized carbons (Fsp3) is 0.429. The Kier molecular flexibility index (Phi) is 3.74. The molecule has 102 valence electrons. The summed E-state index contributed by atoms with van der Waals surface area (Å²) in [5.74, 6) is -0.555. The number of aliphatic carboxylic acids is 1. The Morgan fingerprint density at radius 2 is 2.05 bits per heavy atom. The third-order valence-electron chi connectivity index (χ3n) is 3.47. The number of amides is 1. The van der Waals surface area contributed by atoms with Crippen molar-refractivity contribution in [2.75, 3.05) is 17.2 Å². The molecular weight excluding hydrogens is 244 g/mol. The first-order valence-corrected chi connectivity index (χ1v) is 6.38. The van der Waals surface area contributed by atoms with E-state index in [1.807, 2.05) is 6.92 Å². The summed E-state index contributed by atoms with van der Waals surface area (Å²) >= 11 is 0. The molecule has 5 heteroatoms. The lowest BCUT2D eigenvalue weighted by molar-refractivity contribution is -0.136. The van der Waals surface area contributed by atoms with Gasteiger partial charge in [-0.25, -0.2) is 0 Å². The zero-order chi connectivity index (χ0) is 14.0. The number of carboxylic acid groups (broad SMARTS) is 1. The predicted octanol–water partition coefficient (Wildman–Crippen LogP) is 1.73. The molecule has 0 saturated heterocycles. The normalized spacial score (nSPS) is 20.9. The molecule has 0 bridgehead atoms. The number of rotatable bonds is 5. The summed E-state index contributed by atoms with van der Waals surface area (Å²) < 4.78 is 0. The highest BCUT2D eigenvalue weighted by Crippen LogP contribution is 2.40. The van der Waals surface area contributed by atoms with Crippen LogP contribution in [0.4, 0.5) is 11.4 Å². The van der Waals surface area contributed by atoms with E-state index in [1.165, 1.54) is 4.90 Å². The van der Waals surface area contributed by atoms with Gasteiger partial charge in [-0.2, -0.15) is 0 Å². The Hall–Kier alpha value is -2.04. The van der Waals surface area contributed by atoms with E-state index in [1.54, 1.807) is 24.3 Å². The number of nitrogens with two attached hydrogens (primary N) is 1. The minimum atomic E-state index is -0.920. The Morgan fingerprint density at radius 3 is 2.58 bits per heavy atom. The molecule has 0 spiro atoms. The highest BCUT2D eigenvalue weighted by molar-refractivity contribution is 5.99. The maximum absolute atomic E-state index is 12.4. The van der Waals surface area contributed by atoms with Crippen molar-refractivity contribution in [2.24, 2.45) is 11.8 Å². The third kappa shape index (κ3) is 3.05. The molecule has 0 aliphatic heterocycles. The molecule has 1 amide bonds. The summed E-state index contributed by atoms with van der Waals surface area (Å²) in [5, 5.41) is 8.80. The second kappa shape index (κ2) is 5.30. The molecule has 1 aliphatic carbocycles. The smallest absolute Gasteiger partial charge is 0.305 e. The molecule has 1 saturated carbocycles. The van der Waals surface area contributed by atoms with Crippen LogP contribution in [0.3, 0.4) is 0 Å². The number of hydrogen-bond acceptors (Lipinski definition) is 3. The molecule has 3 N–H and O–H groups in total. The van der Waals surface area contributed by atoms with Crippen LogP contribution in [0.25, 0.3) is 0 Å². The quantitative estimate of drug-likeness (QED) is 0.791. The van der Waals surface area contributed by atoms with Crippen molar-refractivity contribution in [3.8, 4) is 0 Å². The summed E-state index contributed by atoms with van der Waals surface area (Å²) in [6.45, 7) is 2.18. The Morgan fingerprint density at radius 1 is 1.42 bits per heavy atom. The fourth-order valence-electron chi connectivity index (χ4n) is 2.16. The van der Waals surface area contributed by atoms with E-state index >= 15 is 0 Å². The molecule has 19 heavy (non-hydrogen) atoms. The van der Waals surface area contributed by atoms with Gasteiger partial charge < -0.3 is 15.7 Å². The van der Waals surface area contributed by atoms with E-state index in [4.69, 9.17) is 10.8 Å². The predicted molar refractivity (Wildman–Crippen MR) is 72.7 cm³/mol. The van der Waals surface area contributed by atoms with Crippen molar-refractivity contribution < 1.29 is 14.7 Å². The average Bonchev–Trinajstić information content (AvgIpc) is 3.08. The molecule has 1 aliphatic rings. The van der Waals surface area contributed by atoms with Crippen molar-refractivity contribution in [1.82, 2.24) is 0 Å². The van der Waals surface area contributed by atoms with Crippen LogP contribution in [-0.4, -0.2) is 23.5 Å². The van der Waals surface area contributed by atoms with Crippen LogP contribution < -0.4 is 10.6 Å². The minimum absolute atomic E-state index is 0.00778. The van der Waals surface area contributed by atoms with Crippen molar-refractivity contribution in [3.63, 3.8) is 0 Å². The monoisotopic (exact) mass is 262 g/mol. The second-order valence-electron chi connectivity index (χ2n) is 5.01. The van der Waals surface area contributed by atoms with E-state index in [0.29, 0.717) is 17.3 Å². The number of anilines is 2. The molecule has 2 unspecified atom stereocenters. The van der Waals surface area contributed by atoms with Crippen LogP contribution >= 0.6 is 0 Å². The lowest BCUT2D eigenvalue weighted by Crippen LogP contribution is -2.35. The van der Waals surface area contributed by atoms with Gasteiger partial charge in [0, 0.05) is 12.5 Å². The van der Waals surface area contributed by atoms with Gasteiger partial charge in [-0.15, -0.1) is 0 Å². The molecule has 1 aromatic carbocycles. The van der Waals surface area contributed by atoms with Crippen molar-refractivity contribution in [3.05, 3.63) is 24.3 Å². The molecular formula is C14H18N2O3. The molecule has 0 heterocycles. The van der Waals surface area contributed by atoms with E-state index in [-0.39, 0.29) is 24.8 Å². The molecule has 1 fully saturated rings. The fourth-order valence-corrected chi connectivity index (χ4v) is 2.16. The lowest BCUT2D eigenvalue weighted by atomic mass is 10.2. The molecule has 5 nitrogen and oxygen atoms in total. The van der Waals surface area contributed by atoms with Crippen LogP contribution in [-0.2, 0) is 9.59 Å². The Balaban J connectivity index is 2.21. The Bertz CT molecular complexity index is 501. The van der Waals surface area contributed by atoms with E-state index in [2.05, 4.69) is 0 Å². The highest BCUT2D eigenvalue weighted by Gasteiger charge is 2.42. The molecule has 1 aromatic rings. The van der Waals surface area contributed by atoms with E-state index in [9.17, 15) is 9.59 Å². The van der Waals surface area contributed by atoms with Crippen LogP contribution in [0.15, 0.2) is 24.3 Å². The standard InChI is InChI=1S/C14H18N2O3/c1-9-8-10(9)14(19)16(7-6-13(17)18)12-5-3-2-4-11(12)15/h2-5,9-10H,6-8,15H2,1H3,(H,17,18). The van der Waals surface area contributed by atoms with E-state index < -0.39 is 5.97 Å². The average molecular weight is 262 g/mol. The maximum atomic E-state index is 12.4. The van der Waals surface area contributed by atoms with Crippen molar-refractivity contribution >= 4 is 23.3 Å². The zero-order valence-corrected chi connectivity index (χ0v) is 10.9. The van der Waals surface area contributed by atoms with Gasteiger partial charge in [0.2, 0.25) is 5.91 Å². The molecule has 0 aromatic heterocycles. The first kappa shape index (κ1) is 13.4. The van der Waals surface area contributed by atoms with Gasteiger partial charge in [-0.05, 0) is 24.5 Å². The van der Waals surface area contributed by atoms with Crippen LogP contribution in [0.5, 0.6) is 0 Å². The van der Waals surface area contributed by atoms with Gasteiger partial charge in [0.05, 0.1) is 17.8 Å². The van der Waals surface area contributed by atoms with Crippen molar-refractivity contribution in [1.29, 1.82) is 0 Å². The SMILES string of the molecule is CC1CC1C(=O)N(CCC(=O)O)c1ccccc1N. The maximum Gasteiger partial charge on any atom is 0.305 e.